The van der Waals surface area contributed by atoms with Crippen LogP contribution in [0.1, 0.15) is 38.5 Å². The lowest BCUT2D eigenvalue weighted by Gasteiger charge is -2.36. The average molecular weight is 325 g/mol. The van der Waals surface area contributed by atoms with E-state index in [2.05, 4.69) is 0 Å². The maximum Gasteiger partial charge on any atom is 0.411 e. The molecule has 0 aliphatic carbocycles. The number of hydrogen-bond acceptors (Lipinski definition) is 5. The highest BCUT2D eigenvalue weighted by Crippen LogP contribution is 2.36. The van der Waals surface area contributed by atoms with E-state index in [4.69, 9.17) is 9.47 Å². The predicted molar refractivity (Wildman–Crippen MR) is 84.9 cm³/mol. The van der Waals surface area contributed by atoms with Crippen LogP contribution in [0.2, 0.25) is 0 Å². The van der Waals surface area contributed by atoms with Crippen LogP contribution in [0, 0.1) is 0 Å². The predicted octanol–water partition coefficient (Wildman–Crippen LogP) is 3.23. The summed E-state index contributed by atoms with van der Waals surface area (Å²) in [6.45, 7) is 5.97. The number of hydrogen-bond donors (Lipinski definition) is 0. The molecule has 0 bridgehead atoms. The number of carbonyl (C=O) groups is 2. The van der Waals surface area contributed by atoms with Gasteiger partial charge in [0.15, 0.2) is 0 Å². The number of nitrogens with zero attached hydrogens (tertiary/aromatic N) is 1. The quantitative estimate of drug-likeness (QED) is 0.801. The third-order valence-electron chi connectivity index (χ3n) is 3.71. The first-order valence-electron chi connectivity index (χ1n) is 7.40. The van der Waals surface area contributed by atoms with Crippen LogP contribution in [-0.4, -0.2) is 41.8 Å². The molecule has 1 aliphatic rings. The zero-order valence-corrected chi connectivity index (χ0v) is 14.4. The number of methoxy groups -OCH3 is 1. The van der Waals surface area contributed by atoms with E-state index in [-0.39, 0.29) is 5.97 Å². The van der Waals surface area contributed by atoms with Gasteiger partial charge in [-0.3, -0.25) is 4.90 Å². The Morgan fingerprint density at radius 2 is 2.14 bits per heavy atom. The van der Waals surface area contributed by atoms with Crippen LogP contribution < -0.4 is 0 Å². The zero-order chi connectivity index (χ0) is 16.4. The molecule has 1 atom stereocenters. The van der Waals surface area contributed by atoms with E-state index in [0.29, 0.717) is 19.4 Å². The van der Waals surface area contributed by atoms with Gasteiger partial charge in [-0.25, -0.2) is 9.59 Å². The Morgan fingerprint density at radius 1 is 1.41 bits per heavy atom. The number of esters is 1. The number of carbonyl (C=O) groups excluding carboxylic acids is 2. The molecule has 1 aromatic rings. The Labute approximate surface area is 135 Å². The largest absolute Gasteiger partial charge is 0.467 e. The van der Waals surface area contributed by atoms with Gasteiger partial charge in [0, 0.05) is 17.8 Å². The van der Waals surface area contributed by atoms with Gasteiger partial charge in [0.1, 0.15) is 11.1 Å². The molecule has 0 saturated carbocycles. The summed E-state index contributed by atoms with van der Waals surface area (Å²) in [6.07, 6.45) is 1.37. The molecule has 1 aliphatic heterocycles. The van der Waals surface area contributed by atoms with Crippen molar-refractivity contribution in [3.63, 3.8) is 0 Å². The Hall–Kier alpha value is -1.56. The van der Waals surface area contributed by atoms with Crippen molar-refractivity contribution >= 4 is 23.4 Å². The molecular formula is C16H23NO4S. The second-order valence-electron chi connectivity index (χ2n) is 6.51. The van der Waals surface area contributed by atoms with Crippen molar-refractivity contribution in [1.82, 2.24) is 4.90 Å². The number of likely N-dealkylation sites (tertiary alicyclic amines) is 1. The first-order chi connectivity index (χ1) is 10.3. The molecule has 5 nitrogen and oxygen atoms in total. The molecule has 2 rings (SSSR count). The van der Waals surface area contributed by atoms with E-state index in [1.54, 1.807) is 16.2 Å². The summed E-state index contributed by atoms with van der Waals surface area (Å²) in [5.74, 6) is -0.371. The zero-order valence-electron chi connectivity index (χ0n) is 13.5. The third kappa shape index (κ3) is 3.43. The SMILES string of the molecule is COC(=O)C1(Cc2cccs2)CCCN1C(=O)OC(C)(C)C. The van der Waals surface area contributed by atoms with E-state index < -0.39 is 17.2 Å². The van der Waals surface area contributed by atoms with E-state index >= 15 is 0 Å². The first kappa shape index (κ1) is 16.8. The molecule has 1 unspecified atom stereocenters. The molecule has 1 saturated heterocycles. The molecular weight excluding hydrogens is 302 g/mol. The molecule has 0 radical (unpaired) electrons. The van der Waals surface area contributed by atoms with Gasteiger partial charge in [-0.1, -0.05) is 6.07 Å². The first-order valence-corrected chi connectivity index (χ1v) is 8.28. The van der Waals surface area contributed by atoms with Crippen molar-refractivity contribution in [2.45, 2.75) is 51.2 Å². The van der Waals surface area contributed by atoms with Gasteiger partial charge < -0.3 is 9.47 Å². The molecule has 2 heterocycles. The number of ether oxygens (including phenoxy) is 2. The van der Waals surface area contributed by atoms with Crippen molar-refractivity contribution in [3.8, 4) is 0 Å². The summed E-state index contributed by atoms with van der Waals surface area (Å²) in [5, 5.41) is 1.97. The van der Waals surface area contributed by atoms with Gasteiger partial charge in [0.05, 0.1) is 7.11 Å². The summed E-state index contributed by atoms with van der Waals surface area (Å²) in [6, 6.07) is 3.92. The Bertz CT molecular complexity index is 535. The Kier molecular flexibility index (Phi) is 4.80. The number of amides is 1. The molecule has 0 spiro atoms. The third-order valence-corrected chi connectivity index (χ3v) is 4.59. The average Bonchev–Trinajstić information content (AvgIpc) is 3.06. The van der Waals surface area contributed by atoms with E-state index in [1.165, 1.54) is 7.11 Å². The van der Waals surface area contributed by atoms with Crippen LogP contribution in [0.5, 0.6) is 0 Å². The fraction of sp³-hybridized carbons (Fsp3) is 0.625. The van der Waals surface area contributed by atoms with Gasteiger partial charge in [-0.2, -0.15) is 0 Å². The maximum absolute atomic E-state index is 12.5. The minimum Gasteiger partial charge on any atom is -0.467 e. The van der Waals surface area contributed by atoms with Crippen LogP contribution in [0.3, 0.4) is 0 Å². The molecule has 6 heteroatoms. The second kappa shape index (κ2) is 6.28. The summed E-state index contributed by atoms with van der Waals surface area (Å²) in [4.78, 5) is 27.6. The molecule has 1 fully saturated rings. The summed E-state index contributed by atoms with van der Waals surface area (Å²) >= 11 is 1.58. The molecule has 1 amide bonds. The maximum atomic E-state index is 12.5. The van der Waals surface area contributed by atoms with Crippen molar-refractivity contribution < 1.29 is 19.1 Å². The number of thiophene rings is 1. The summed E-state index contributed by atoms with van der Waals surface area (Å²) in [5.41, 5.74) is -1.55. The van der Waals surface area contributed by atoms with Gasteiger partial charge >= 0.3 is 12.1 Å². The summed E-state index contributed by atoms with van der Waals surface area (Å²) < 4.78 is 10.5. The normalized spacial score (nSPS) is 21.7. The highest BCUT2D eigenvalue weighted by atomic mass is 32.1. The molecule has 22 heavy (non-hydrogen) atoms. The van der Waals surface area contributed by atoms with Crippen molar-refractivity contribution in [2.24, 2.45) is 0 Å². The lowest BCUT2D eigenvalue weighted by molar-refractivity contribution is -0.153. The molecule has 0 N–H and O–H groups in total. The Balaban J connectivity index is 2.30. The topological polar surface area (TPSA) is 55.8 Å². The van der Waals surface area contributed by atoms with Crippen LogP contribution in [-0.2, 0) is 20.7 Å². The van der Waals surface area contributed by atoms with E-state index in [9.17, 15) is 9.59 Å². The number of rotatable bonds is 3. The van der Waals surface area contributed by atoms with Gasteiger partial charge in [0.25, 0.3) is 0 Å². The van der Waals surface area contributed by atoms with E-state index in [0.717, 1.165) is 11.3 Å². The van der Waals surface area contributed by atoms with Crippen LogP contribution in [0.15, 0.2) is 17.5 Å². The highest BCUT2D eigenvalue weighted by Gasteiger charge is 2.52. The molecule has 122 valence electrons. The highest BCUT2D eigenvalue weighted by molar-refractivity contribution is 7.09. The fourth-order valence-corrected chi connectivity index (χ4v) is 3.63. The van der Waals surface area contributed by atoms with E-state index in [1.807, 2.05) is 38.3 Å². The van der Waals surface area contributed by atoms with Crippen molar-refractivity contribution in [1.29, 1.82) is 0 Å². The smallest absolute Gasteiger partial charge is 0.411 e. The minimum absolute atomic E-state index is 0.371. The fourth-order valence-electron chi connectivity index (χ4n) is 2.82. The minimum atomic E-state index is -0.956. The van der Waals surface area contributed by atoms with Crippen LogP contribution in [0.4, 0.5) is 4.79 Å². The van der Waals surface area contributed by atoms with Gasteiger partial charge in [0.2, 0.25) is 0 Å². The van der Waals surface area contributed by atoms with Crippen LogP contribution in [0.25, 0.3) is 0 Å². The summed E-state index contributed by atoms with van der Waals surface area (Å²) in [7, 11) is 1.37. The monoisotopic (exact) mass is 325 g/mol. The standard InChI is InChI=1S/C16H23NO4S/c1-15(2,3)21-14(19)17-9-6-8-16(17,13(18)20-4)11-12-7-5-10-22-12/h5,7,10H,6,8-9,11H2,1-4H3. The lowest BCUT2D eigenvalue weighted by atomic mass is 9.91. The molecule has 0 aromatic carbocycles. The Morgan fingerprint density at radius 3 is 2.68 bits per heavy atom. The van der Waals surface area contributed by atoms with Crippen molar-refractivity contribution in [2.75, 3.05) is 13.7 Å². The lowest BCUT2D eigenvalue weighted by Crippen LogP contribution is -2.56. The van der Waals surface area contributed by atoms with Gasteiger partial charge in [-0.15, -0.1) is 11.3 Å². The van der Waals surface area contributed by atoms with Crippen LogP contribution >= 0.6 is 11.3 Å². The van der Waals surface area contributed by atoms with Crippen molar-refractivity contribution in [3.05, 3.63) is 22.4 Å². The van der Waals surface area contributed by atoms with Gasteiger partial charge in [-0.05, 0) is 45.1 Å². The molecule has 1 aromatic heterocycles. The second-order valence-corrected chi connectivity index (χ2v) is 7.55.